The molecule has 110 valence electrons. The lowest BCUT2D eigenvalue weighted by atomic mass is 10.2. The molecule has 0 saturated carbocycles. The molecule has 0 radical (unpaired) electrons. The number of carbonyl (C=O) groups excluding carboxylic acids is 2. The molecule has 0 fully saturated rings. The summed E-state index contributed by atoms with van der Waals surface area (Å²) in [6.45, 7) is 1.33. The Morgan fingerprint density at radius 3 is 2.45 bits per heavy atom. The van der Waals surface area contributed by atoms with Gasteiger partial charge in [-0.2, -0.15) is 13.2 Å². The van der Waals surface area contributed by atoms with Crippen LogP contribution >= 0.6 is 11.6 Å². The largest absolute Gasteiger partial charge is 0.417 e. The number of amides is 3. The van der Waals surface area contributed by atoms with E-state index in [2.05, 4.69) is 10.6 Å². The summed E-state index contributed by atoms with van der Waals surface area (Å²) >= 11 is 5.44. The zero-order chi connectivity index (χ0) is 15.5. The molecule has 1 aromatic rings. The lowest BCUT2D eigenvalue weighted by molar-refractivity contribution is -0.137. The number of alkyl halides is 3. The lowest BCUT2D eigenvalue weighted by Crippen LogP contribution is -2.44. The number of carbonyl (C=O) groups is 2. The Kier molecular flexibility index (Phi) is 4.83. The van der Waals surface area contributed by atoms with Gasteiger partial charge in [0.2, 0.25) is 5.91 Å². The first-order valence-corrected chi connectivity index (χ1v) is 5.72. The van der Waals surface area contributed by atoms with Crippen LogP contribution < -0.4 is 16.4 Å². The topological polar surface area (TPSA) is 84.2 Å². The van der Waals surface area contributed by atoms with E-state index < -0.39 is 34.7 Å². The van der Waals surface area contributed by atoms with E-state index in [-0.39, 0.29) is 5.69 Å². The summed E-state index contributed by atoms with van der Waals surface area (Å²) in [4.78, 5) is 22.2. The van der Waals surface area contributed by atoms with Gasteiger partial charge >= 0.3 is 12.2 Å². The van der Waals surface area contributed by atoms with Gasteiger partial charge in [-0.15, -0.1) is 0 Å². The number of rotatable bonds is 3. The Bertz CT molecular complexity index is 534. The van der Waals surface area contributed by atoms with Gasteiger partial charge in [-0.1, -0.05) is 11.6 Å². The Morgan fingerprint density at radius 1 is 1.35 bits per heavy atom. The van der Waals surface area contributed by atoms with Crippen LogP contribution in [0.1, 0.15) is 12.5 Å². The highest BCUT2D eigenvalue weighted by Gasteiger charge is 2.33. The first kappa shape index (κ1) is 16.1. The number of benzene rings is 1. The zero-order valence-corrected chi connectivity index (χ0v) is 11.0. The highest BCUT2D eigenvalue weighted by molar-refractivity contribution is 6.31. The van der Waals surface area contributed by atoms with Crippen molar-refractivity contribution in [2.45, 2.75) is 19.1 Å². The average molecular weight is 310 g/mol. The first-order chi connectivity index (χ1) is 9.11. The van der Waals surface area contributed by atoms with Crippen molar-refractivity contribution in [1.82, 2.24) is 5.32 Å². The summed E-state index contributed by atoms with van der Waals surface area (Å²) in [7, 11) is 0. The molecular weight excluding hydrogens is 299 g/mol. The van der Waals surface area contributed by atoms with E-state index in [0.717, 1.165) is 6.07 Å². The monoisotopic (exact) mass is 309 g/mol. The van der Waals surface area contributed by atoms with Crippen molar-refractivity contribution >= 4 is 29.2 Å². The van der Waals surface area contributed by atoms with Crippen molar-refractivity contribution in [3.63, 3.8) is 0 Å². The third-order valence-corrected chi connectivity index (χ3v) is 2.62. The van der Waals surface area contributed by atoms with Crippen LogP contribution in [0.25, 0.3) is 0 Å². The molecule has 0 heterocycles. The van der Waals surface area contributed by atoms with Crippen LogP contribution in [-0.4, -0.2) is 18.0 Å². The molecule has 1 rings (SSSR count). The molecule has 0 saturated heterocycles. The van der Waals surface area contributed by atoms with E-state index in [0.29, 0.717) is 6.07 Å². The SMILES string of the molecule is C[C@@H](NC(N)=O)C(=O)Nc1ccc(Cl)c(C(F)(F)F)c1. The fourth-order valence-corrected chi connectivity index (χ4v) is 1.57. The van der Waals surface area contributed by atoms with E-state index in [1.807, 2.05) is 0 Å². The maximum atomic E-state index is 12.6. The molecule has 20 heavy (non-hydrogen) atoms. The number of hydrogen-bond acceptors (Lipinski definition) is 2. The molecule has 0 unspecified atom stereocenters. The maximum absolute atomic E-state index is 12.6. The van der Waals surface area contributed by atoms with Crippen molar-refractivity contribution < 1.29 is 22.8 Å². The summed E-state index contributed by atoms with van der Waals surface area (Å²) in [5.41, 5.74) is 3.67. The molecule has 3 amide bonds. The van der Waals surface area contributed by atoms with Crippen LogP contribution in [0.2, 0.25) is 5.02 Å². The van der Waals surface area contributed by atoms with Crippen LogP contribution in [0.5, 0.6) is 0 Å². The molecule has 0 aromatic heterocycles. The molecule has 4 N–H and O–H groups in total. The molecule has 0 spiro atoms. The Labute approximate surface area is 117 Å². The zero-order valence-electron chi connectivity index (χ0n) is 10.2. The number of primary amides is 1. The van der Waals surface area contributed by atoms with Crippen LogP contribution in [0.4, 0.5) is 23.7 Å². The predicted octanol–water partition coefficient (Wildman–Crippen LogP) is 2.35. The van der Waals surface area contributed by atoms with Crippen LogP contribution in [-0.2, 0) is 11.0 Å². The Hall–Kier alpha value is -1.96. The molecule has 1 atom stereocenters. The normalized spacial score (nSPS) is 12.7. The quantitative estimate of drug-likeness (QED) is 0.800. The maximum Gasteiger partial charge on any atom is 0.417 e. The van der Waals surface area contributed by atoms with Crippen LogP contribution in [0.15, 0.2) is 18.2 Å². The molecule has 0 aliphatic heterocycles. The van der Waals surface area contributed by atoms with Gasteiger partial charge in [-0.25, -0.2) is 4.79 Å². The number of nitrogens with two attached hydrogens (primary N) is 1. The average Bonchev–Trinajstić information content (AvgIpc) is 2.29. The molecule has 0 aliphatic carbocycles. The second kappa shape index (κ2) is 6.00. The summed E-state index contributed by atoms with van der Waals surface area (Å²) in [5, 5.41) is 3.84. The van der Waals surface area contributed by atoms with E-state index >= 15 is 0 Å². The van der Waals surface area contributed by atoms with Crippen molar-refractivity contribution in [3.05, 3.63) is 28.8 Å². The van der Waals surface area contributed by atoms with Crippen molar-refractivity contribution in [3.8, 4) is 0 Å². The van der Waals surface area contributed by atoms with E-state index in [1.165, 1.54) is 13.0 Å². The third kappa shape index (κ3) is 4.30. The molecule has 0 aliphatic rings. The van der Waals surface area contributed by atoms with Gasteiger partial charge in [0, 0.05) is 5.69 Å². The van der Waals surface area contributed by atoms with Gasteiger partial charge in [0.15, 0.2) is 0 Å². The van der Waals surface area contributed by atoms with Crippen molar-refractivity contribution in [2.24, 2.45) is 5.73 Å². The standard InChI is InChI=1S/C11H11ClF3N3O2/c1-5(17-10(16)20)9(19)18-6-2-3-8(12)7(4-6)11(13,14)15/h2-5H,1H3,(H,18,19)(H3,16,17,20)/t5-/m1/s1. The number of urea groups is 1. The predicted molar refractivity (Wildman–Crippen MR) is 67.3 cm³/mol. The molecular formula is C11H11ClF3N3O2. The highest BCUT2D eigenvalue weighted by atomic mass is 35.5. The minimum Gasteiger partial charge on any atom is -0.352 e. The summed E-state index contributed by atoms with van der Waals surface area (Å²) < 4.78 is 37.9. The minimum atomic E-state index is -4.63. The second-order valence-corrected chi connectivity index (χ2v) is 4.32. The van der Waals surface area contributed by atoms with Crippen LogP contribution in [0, 0.1) is 0 Å². The smallest absolute Gasteiger partial charge is 0.352 e. The first-order valence-electron chi connectivity index (χ1n) is 5.35. The van der Waals surface area contributed by atoms with Gasteiger partial charge in [-0.3, -0.25) is 4.79 Å². The lowest BCUT2D eigenvalue weighted by Gasteiger charge is -2.14. The van der Waals surface area contributed by atoms with E-state index in [1.54, 1.807) is 0 Å². The van der Waals surface area contributed by atoms with Crippen molar-refractivity contribution in [2.75, 3.05) is 5.32 Å². The summed E-state index contributed by atoms with van der Waals surface area (Å²) in [6.07, 6.45) is -4.63. The van der Waals surface area contributed by atoms with Crippen LogP contribution in [0.3, 0.4) is 0 Å². The van der Waals surface area contributed by atoms with E-state index in [4.69, 9.17) is 17.3 Å². The van der Waals surface area contributed by atoms with Gasteiger partial charge < -0.3 is 16.4 Å². The molecule has 0 bridgehead atoms. The summed E-state index contributed by atoms with van der Waals surface area (Å²) in [5.74, 6) is -0.709. The fourth-order valence-electron chi connectivity index (χ4n) is 1.35. The highest BCUT2D eigenvalue weighted by Crippen LogP contribution is 2.36. The van der Waals surface area contributed by atoms with Gasteiger partial charge in [0.05, 0.1) is 10.6 Å². The number of halogens is 4. The van der Waals surface area contributed by atoms with Crippen molar-refractivity contribution in [1.29, 1.82) is 0 Å². The van der Waals surface area contributed by atoms with Gasteiger partial charge in [-0.05, 0) is 25.1 Å². The fraction of sp³-hybridized carbons (Fsp3) is 0.273. The third-order valence-electron chi connectivity index (χ3n) is 2.29. The van der Waals surface area contributed by atoms with Gasteiger partial charge in [0.25, 0.3) is 0 Å². The Morgan fingerprint density at radius 2 is 1.95 bits per heavy atom. The minimum absolute atomic E-state index is 0.0927. The summed E-state index contributed by atoms with van der Waals surface area (Å²) in [6, 6.07) is 1.04. The van der Waals surface area contributed by atoms with E-state index in [9.17, 15) is 22.8 Å². The second-order valence-electron chi connectivity index (χ2n) is 3.91. The van der Waals surface area contributed by atoms with Gasteiger partial charge in [0.1, 0.15) is 6.04 Å². The Balaban J connectivity index is 2.89. The molecule has 1 aromatic carbocycles. The number of hydrogen-bond donors (Lipinski definition) is 3. The molecule has 9 heteroatoms. The number of anilines is 1. The molecule has 5 nitrogen and oxygen atoms in total. The number of nitrogens with one attached hydrogen (secondary N) is 2.